The Morgan fingerprint density at radius 2 is 1.65 bits per heavy atom. The predicted molar refractivity (Wildman–Crippen MR) is 112 cm³/mol. The Morgan fingerprint density at radius 1 is 1.00 bits per heavy atom. The second-order valence-electron chi connectivity index (χ2n) is 5.72. The van der Waals surface area contributed by atoms with E-state index in [-0.39, 0.29) is 5.91 Å². The Kier molecular flexibility index (Phi) is 7.44. The van der Waals surface area contributed by atoms with E-state index in [1.165, 1.54) is 10.9 Å². The lowest BCUT2D eigenvalue weighted by Crippen LogP contribution is -2.28. The van der Waals surface area contributed by atoms with E-state index in [2.05, 4.69) is 24.8 Å². The summed E-state index contributed by atoms with van der Waals surface area (Å²) in [4.78, 5) is 13.4. The molecule has 0 aliphatic carbocycles. The molecule has 0 spiro atoms. The molecule has 1 aromatic heterocycles. The molecule has 0 unspecified atom stereocenters. The molecule has 3 heteroatoms. The summed E-state index contributed by atoms with van der Waals surface area (Å²) in [7, 11) is 0. The van der Waals surface area contributed by atoms with Crippen LogP contribution in [-0.2, 0) is 4.79 Å². The number of fused-ring (bicyclic) bond motifs is 1. The van der Waals surface area contributed by atoms with Crippen LogP contribution in [-0.4, -0.2) is 28.5 Å². The normalized spacial score (nSPS) is 10.4. The molecule has 0 saturated heterocycles. The molecule has 1 amide bonds. The monoisotopic (exact) mass is 346 g/mol. The van der Waals surface area contributed by atoms with E-state index in [4.69, 9.17) is 0 Å². The van der Waals surface area contributed by atoms with Crippen LogP contribution in [0.25, 0.3) is 23.2 Å². The minimum Gasteiger partial charge on any atom is -0.340 e. The lowest BCUT2D eigenvalue weighted by Gasteiger charge is -2.15. The van der Waals surface area contributed by atoms with Gasteiger partial charge in [-0.1, -0.05) is 55.1 Å². The molecule has 3 rings (SSSR count). The van der Waals surface area contributed by atoms with Crippen LogP contribution in [0.3, 0.4) is 0 Å². The molecule has 0 saturated carbocycles. The van der Waals surface area contributed by atoms with Gasteiger partial charge in [0, 0.05) is 31.6 Å². The lowest BCUT2D eigenvalue weighted by atomic mass is 10.2. The topological polar surface area (TPSA) is 25.2 Å². The average Bonchev–Trinajstić information content (AvgIpc) is 3.12. The number of hydrogen-bond donors (Lipinski definition) is 0. The minimum atomic E-state index is 0.0730. The highest BCUT2D eigenvalue weighted by Gasteiger charge is 2.03. The molecule has 3 aromatic rings. The number of amides is 1. The first-order chi connectivity index (χ1) is 12.7. The van der Waals surface area contributed by atoms with Gasteiger partial charge in [-0.05, 0) is 43.0 Å². The maximum absolute atomic E-state index is 11.6. The third kappa shape index (κ3) is 5.21. The van der Waals surface area contributed by atoms with Gasteiger partial charge in [0.1, 0.15) is 0 Å². The SMILES string of the molecule is C=Cn1ccc2ccccc21.CCN(CC)C(=O)C=Cc1ccccc1. The first-order valence-electron chi connectivity index (χ1n) is 8.89. The summed E-state index contributed by atoms with van der Waals surface area (Å²) in [6.45, 7) is 9.20. The fourth-order valence-electron chi connectivity index (χ4n) is 2.64. The van der Waals surface area contributed by atoms with Crippen molar-refractivity contribution < 1.29 is 4.79 Å². The molecule has 0 aliphatic rings. The van der Waals surface area contributed by atoms with Gasteiger partial charge in [-0.15, -0.1) is 0 Å². The molecule has 0 bridgehead atoms. The number of rotatable bonds is 5. The van der Waals surface area contributed by atoms with Gasteiger partial charge in [-0.25, -0.2) is 0 Å². The zero-order valence-corrected chi connectivity index (χ0v) is 15.5. The Bertz CT molecular complexity index is 858. The van der Waals surface area contributed by atoms with Gasteiger partial charge in [0.25, 0.3) is 0 Å². The van der Waals surface area contributed by atoms with Crippen molar-refractivity contribution in [1.29, 1.82) is 0 Å². The molecule has 26 heavy (non-hydrogen) atoms. The highest BCUT2D eigenvalue weighted by atomic mass is 16.2. The molecule has 0 aliphatic heterocycles. The number of carbonyl (C=O) groups excluding carboxylic acids is 1. The number of aromatic nitrogens is 1. The largest absolute Gasteiger partial charge is 0.340 e. The molecule has 3 nitrogen and oxygen atoms in total. The van der Waals surface area contributed by atoms with E-state index in [1.807, 2.05) is 79.4 Å². The number of hydrogen-bond acceptors (Lipinski definition) is 1. The summed E-state index contributed by atoms with van der Waals surface area (Å²) in [6.07, 6.45) is 7.29. The van der Waals surface area contributed by atoms with Crippen molar-refractivity contribution in [2.24, 2.45) is 0 Å². The smallest absolute Gasteiger partial charge is 0.246 e. The van der Waals surface area contributed by atoms with Crippen LogP contribution in [0.1, 0.15) is 19.4 Å². The molecule has 0 radical (unpaired) electrons. The van der Waals surface area contributed by atoms with Crippen LogP contribution >= 0.6 is 0 Å². The maximum Gasteiger partial charge on any atom is 0.246 e. The molecule has 2 aromatic carbocycles. The Hall–Kier alpha value is -3.07. The van der Waals surface area contributed by atoms with Crippen LogP contribution in [0.5, 0.6) is 0 Å². The zero-order chi connectivity index (χ0) is 18.8. The third-order valence-corrected chi connectivity index (χ3v) is 4.12. The second kappa shape index (κ2) is 10.0. The van der Waals surface area contributed by atoms with Crippen molar-refractivity contribution in [3.8, 4) is 0 Å². The van der Waals surface area contributed by atoms with Crippen LogP contribution in [0.2, 0.25) is 0 Å². The number of carbonyl (C=O) groups is 1. The van der Waals surface area contributed by atoms with Gasteiger partial charge < -0.3 is 9.47 Å². The molecule has 0 N–H and O–H groups in total. The van der Waals surface area contributed by atoms with Crippen molar-refractivity contribution >= 4 is 29.1 Å². The van der Waals surface area contributed by atoms with Crippen LogP contribution in [0.4, 0.5) is 0 Å². The minimum absolute atomic E-state index is 0.0730. The molecule has 0 atom stereocenters. The number of nitrogens with zero attached hydrogens (tertiary/aromatic N) is 2. The number of para-hydroxylation sites is 1. The van der Waals surface area contributed by atoms with Gasteiger partial charge in [-0.2, -0.15) is 0 Å². The molecule has 1 heterocycles. The highest BCUT2D eigenvalue weighted by molar-refractivity contribution is 5.91. The van der Waals surface area contributed by atoms with Gasteiger partial charge in [0.2, 0.25) is 5.91 Å². The van der Waals surface area contributed by atoms with Crippen LogP contribution in [0.15, 0.2) is 79.5 Å². The van der Waals surface area contributed by atoms with Gasteiger partial charge in [0.05, 0.1) is 5.52 Å². The lowest BCUT2D eigenvalue weighted by molar-refractivity contribution is -0.125. The fraction of sp³-hybridized carbons (Fsp3) is 0.174. The second-order valence-corrected chi connectivity index (χ2v) is 5.72. The predicted octanol–water partition coefficient (Wildman–Crippen LogP) is 5.31. The molecule has 0 fully saturated rings. The number of benzene rings is 2. The van der Waals surface area contributed by atoms with E-state index in [9.17, 15) is 4.79 Å². The van der Waals surface area contributed by atoms with Crippen LogP contribution in [0, 0.1) is 0 Å². The maximum atomic E-state index is 11.6. The van der Waals surface area contributed by atoms with E-state index < -0.39 is 0 Å². The van der Waals surface area contributed by atoms with Crippen molar-refractivity contribution in [2.75, 3.05) is 13.1 Å². The fourth-order valence-corrected chi connectivity index (χ4v) is 2.64. The van der Waals surface area contributed by atoms with E-state index >= 15 is 0 Å². The van der Waals surface area contributed by atoms with Crippen molar-refractivity contribution in [1.82, 2.24) is 9.47 Å². The molecular formula is C23H26N2O. The summed E-state index contributed by atoms with van der Waals surface area (Å²) < 4.78 is 2.01. The van der Waals surface area contributed by atoms with Crippen molar-refractivity contribution in [3.63, 3.8) is 0 Å². The Balaban J connectivity index is 0.000000195. The van der Waals surface area contributed by atoms with Gasteiger partial charge in [0.15, 0.2) is 0 Å². The highest BCUT2D eigenvalue weighted by Crippen LogP contribution is 2.14. The van der Waals surface area contributed by atoms with E-state index in [1.54, 1.807) is 11.0 Å². The Labute approximate surface area is 155 Å². The first-order valence-corrected chi connectivity index (χ1v) is 8.89. The third-order valence-electron chi connectivity index (χ3n) is 4.12. The standard InChI is InChI=1S/C13H17NO.C10H9N/c1-3-14(4-2)13(15)11-10-12-8-6-5-7-9-12;1-2-11-8-7-9-5-3-4-6-10(9)11/h5-11H,3-4H2,1-2H3;2-8H,1H2. The average molecular weight is 346 g/mol. The van der Waals surface area contributed by atoms with E-state index in [0.29, 0.717) is 0 Å². The van der Waals surface area contributed by atoms with Crippen LogP contribution < -0.4 is 0 Å². The summed E-state index contributed by atoms with van der Waals surface area (Å²) >= 11 is 0. The van der Waals surface area contributed by atoms with Crippen molar-refractivity contribution in [2.45, 2.75) is 13.8 Å². The van der Waals surface area contributed by atoms with Crippen molar-refractivity contribution in [3.05, 3.63) is 85.1 Å². The number of likely N-dealkylation sites (N-methyl/N-ethyl adjacent to an activating group) is 1. The van der Waals surface area contributed by atoms with Gasteiger partial charge in [-0.3, -0.25) is 4.79 Å². The molecule has 134 valence electrons. The van der Waals surface area contributed by atoms with Gasteiger partial charge >= 0.3 is 0 Å². The first kappa shape index (κ1) is 19.3. The quantitative estimate of drug-likeness (QED) is 0.575. The summed E-state index contributed by atoms with van der Waals surface area (Å²) in [6, 6.07) is 20.2. The summed E-state index contributed by atoms with van der Waals surface area (Å²) in [5, 5.41) is 1.26. The zero-order valence-electron chi connectivity index (χ0n) is 15.5. The summed E-state index contributed by atoms with van der Waals surface area (Å²) in [5.41, 5.74) is 2.26. The Morgan fingerprint density at radius 3 is 2.31 bits per heavy atom. The van der Waals surface area contributed by atoms with E-state index in [0.717, 1.165) is 18.7 Å². The molecular weight excluding hydrogens is 320 g/mol. The summed E-state index contributed by atoms with van der Waals surface area (Å²) in [5.74, 6) is 0.0730.